The minimum atomic E-state index is -3.57. The van der Waals surface area contributed by atoms with E-state index in [1.807, 2.05) is 24.3 Å². The van der Waals surface area contributed by atoms with Gasteiger partial charge in [-0.1, -0.05) is 18.2 Å². The van der Waals surface area contributed by atoms with Crippen LogP contribution < -0.4 is 14.8 Å². The van der Waals surface area contributed by atoms with Gasteiger partial charge in [0.25, 0.3) is 5.91 Å². The van der Waals surface area contributed by atoms with Crippen LogP contribution in [0.15, 0.2) is 53.4 Å². The van der Waals surface area contributed by atoms with E-state index in [2.05, 4.69) is 16.0 Å². The zero-order valence-corrected chi connectivity index (χ0v) is 22.8. The molecule has 4 saturated carbocycles. The molecule has 0 spiro atoms. The average Bonchev–Trinajstić information content (AvgIpc) is 2.87. The van der Waals surface area contributed by atoms with Crippen LogP contribution >= 0.6 is 0 Å². The topological polar surface area (TPSA) is 84.5 Å². The molecule has 0 aromatic heterocycles. The first-order valence-corrected chi connectivity index (χ1v) is 15.4. The lowest BCUT2D eigenvalue weighted by Gasteiger charge is -2.56. The quantitative estimate of drug-likeness (QED) is 0.294. The first-order chi connectivity index (χ1) is 18.3. The Kier molecular flexibility index (Phi) is 8.11. The molecule has 4 bridgehead atoms. The molecule has 38 heavy (non-hydrogen) atoms. The largest absolute Gasteiger partial charge is 0.494 e. The van der Waals surface area contributed by atoms with Gasteiger partial charge in [0.1, 0.15) is 5.75 Å². The molecule has 4 aliphatic rings. The lowest BCUT2D eigenvalue weighted by Crippen LogP contribution is -2.59. The summed E-state index contributed by atoms with van der Waals surface area (Å²) in [5, 5.41) is 2.94. The Morgan fingerprint density at radius 2 is 1.68 bits per heavy atom. The fourth-order valence-corrected chi connectivity index (χ4v) is 8.52. The van der Waals surface area contributed by atoms with E-state index in [1.165, 1.54) is 19.3 Å². The summed E-state index contributed by atoms with van der Waals surface area (Å²) in [5.74, 6) is 5.16. The summed E-state index contributed by atoms with van der Waals surface area (Å²) in [4.78, 5) is 12.9. The predicted octanol–water partition coefficient (Wildman–Crippen LogP) is 5.09. The van der Waals surface area contributed by atoms with E-state index >= 15 is 0 Å². The van der Waals surface area contributed by atoms with E-state index in [1.54, 1.807) is 24.3 Å². The van der Waals surface area contributed by atoms with Crippen LogP contribution in [-0.4, -0.2) is 33.0 Å². The van der Waals surface area contributed by atoms with Crippen molar-refractivity contribution in [3.63, 3.8) is 0 Å². The number of hydrogen-bond donors (Lipinski definition) is 2. The molecule has 4 fully saturated rings. The van der Waals surface area contributed by atoms with Gasteiger partial charge in [-0.25, -0.2) is 13.1 Å². The van der Waals surface area contributed by atoms with Crippen LogP contribution in [0.3, 0.4) is 0 Å². The maximum atomic E-state index is 13.2. The van der Waals surface area contributed by atoms with Gasteiger partial charge in [-0.15, -0.1) is 12.3 Å². The third-order valence-corrected chi connectivity index (χ3v) is 10.00. The van der Waals surface area contributed by atoms with E-state index in [-0.39, 0.29) is 11.4 Å². The molecule has 7 heteroatoms. The molecule has 0 unspecified atom stereocenters. The molecule has 0 radical (unpaired) electrons. The summed E-state index contributed by atoms with van der Waals surface area (Å²) in [6.45, 7) is 1.02. The smallest absolute Gasteiger partial charge is 0.251 e. The second kappa shape index (κ2) is 11.5. The standard InChI is InChI=1S/C31H38N2O4S/c1-2-3-4-5-15-37-28-8-6-7-27(19-28)30(34)32-14-13-23-9-11-29(12-10-23)38(35,36)33-31-20-24-16-25(21-31)18-26(17-24)22-31/h1,6-12,19,24-26,33H,3-5,13-18,20-22H2,(H,32,34). The second-order valence-electron chi connectivity index (χ2n) is 11.5. The summed E-state index contributed by atoms with van der Waals surface area (Å²) >= 11 is 0. The molecule has 2 aromatic rings. The van der Waals surface area contributed by atoms with Crippen molar-refractivity contribution in [2.45, 2.75) is 74.6 Å². The number of rotatable bonds is 12. The van der Waals surface area contributed by atoms with Crippen molar-refractivity contribution in [1.29, 1.82) is 0 Å². The van der Waals surface area contributed by atoms with Crippen molar-refractivity contribution >= 4 is 15.9 Å². The average molecular weight is 535 g/mol. The van der Waals surface area contributed by atoms with Crippen LogP contribution in [0.25, 0.3) is 0 Å². The maximum Gasteiger partial charge on any atom is 0.251 e. The molecule has 2 N–H and O–H groups in total. The number of hydrogen-bond acceptors (Lipinski definition) is 4. The van der Waals surface area contributed by atoms with E-state index in [0.29, 0.717) is 53.5 Å². The van der Waals surface area contributed by atoms with E-state index in [0.717, 1.165) is 44.1 Å². The number of carbonyl (C=O) groups excluding carboxylic acids is 1. The molecule has 1 amide bonds. The molecular formula is C31H38N2O4S. The summed E-state index contributed by atoms with van der Waals surface area (Å²) in [6, 6.07) is 14.2. The van der Waals surface area contributed by atoms with Crippen molar-refractivity contribution in [2.75, 3.05) is 13.2 Å². The van der Waals surface area contributed by atoms with E-state index in [9.17, 15) is 13.2 Å². The summed E-state index contributed by atoms with van der Waals surface area (Å²) in [5.41, 5.74) is 1.27. The van der Waals surface area contributed by atoms with E-state index in [4.69, 9.17) is 11.2 Å². The Morgan fingerprint density at radius 1 is 1.00 bits per heavy atom. The molecule has 0 aliphatic heterocycles. The van der Waals surface area contributed by atoms with Crippen LogP contribution in [0.2, 0.25) is 0 Å². The second-order valence-corrected chi connectivity index (χ2v) is 13.2. The van der Waals surface area contributed by atoms with Gasteiger partial charge in [-0.3, -0.25) is 4.79 Å². The minimum Gasteiger partial charge on any atom is -0.494 e. The van der Waals surface area contributed by atoms with Gasteiger partial charge in [0.05, 0.1) is 11.5 Å². The molecule has 6 nitrogen and oxygen atoms in total. The Balaban J connectivity index is 1.10. The highest BCUT2D eigenvalue weighted by molar-refractivity contribution is 7.89. The Hall–Kier alpha value is -2.82. The minimum absolute atomic E-state index is 0.165. The zero-order chi connectivity index (χ0) is 26.6. The van der Waals surface area contributed by atoms with Gasteiger partial charge in [0.15, 0.2) is 0 Å². The monoisotopic (exact) mass is 534 g/mol. The third kappa shape index (κ3) is 6.42. The first-order valence-electron chi connectivity index (χ1n) is 13.9. The Labute approximate surface area is 227 Å². The molecule has 0 saturated heterocycles. The molecule has 0 atom stereocenters. The molecule has 0 heterocycles. The third-order valence-electron chi connectivity index (χ3n) is 8.40. The highest BCUT2D eigenvalue weighted by Crippen LogP contribution is 2.56. The maximum absolute atomic E-state index is 13.2. The first kappa shape index (κ1) is 26.8. The van der Waals surface area contributed by atoms with Gasteiger partial charge in [-0.05, 0) is 111 Å². The van der Waals surface area contributed by atoms with Gasteiger partial charge in [-0.2, -0.15) is 0 Å². The predicted molar refractivity (Wildman–Crippen MR) is 148 cm³/mol. The number of terminal acetylenes is 1. The fraction of sp³-hybridized carbons (Fsp3) is 0.516. The van der Waals surface area contributed by atoms with Crippen molar-refractivity contribution in [3.05, 3.63) is 59.7 Å². The van der Waals surface area contributed by atoms with Crippen LogP contribution in [-0.2, 0) is 16.4 Å². The zero-order valence-electron chi connectivity index (χ0n) is 22.0. The number of sulfonamides is 1. The number of carbonyl (C=O) groups is 1. The normalized spacial score (nSPS) is 25.6. The molecule has 6 rings (SSSR count). The number of unbranched alkanes of at least 4 members (excludes halogenated alkanes) is 2. The van der Waals surface area contributed by atoms with Crippen molar-refractivity contribution in [2.24, 2.45) is 17.8 Å². The highest BCUT2D eigenvalue weighted by atomic mass is 32.2. The van der Waals surface area contributed by atoms with Crippen LogP contribution in [0.5, 0.6) is 5.75 Å². The summed E-state index contributed by atoms with van der Waals surface area (Å²) in [6.07, 6.45) is 15.2. The fourth-order valence-electron chi connectivity index (χ4n) is 7.08. The van der Waals surface area contributed by atoms with Crippen LogP contribution in [0.1, 0.15) is 73.7 Å². The lowest BCUT2D eigenvalue weighted by molar-refractivity contribution is -0.00810. The molecular weight excluding hydrogens is 496 g/mol. The number of nitrogens with one attached hydrogen (secondary N) is 2. The summed E-state index contributed by atoms with van der Waals surface area (Å²) in [7, 11) is -3.57. The van der Waals surface area contributed by atoms with Gasteiger partial charge in [0, 0.05) is 24.1 Å². The SMILES string of the molecule is C#CCCCCOc1cccc(C(=O)NCCc2ccc(S(=O)(=O)NC34CC5CC(CC(C5)C3)C4)cc2)c1. The highest BCUT2D eigenvalue weighted by Gasteiger charge is 2.52. The Morgan fingerprint density at radius 3 is 2.34 bits per heavy atom. The van der Waals surface area contributed by atoms with Crippen molar-refractivity contribution < 1.29 is 17.9 Å². The number of benzene rings is 2. The Bertz CT molecular complexity index is 1240. The summed E-state index contributed by atoms with van der Waals surface area (Å²) < 4.78 is 35.4. The van der Waals surface area contributed by atoms with Crippen molar-refractivity contribution in [3.8, 4) is 18.1 Å². The van der Waals surface area contributed by atoms with Crippen LogP contribution in [0.4, 0.5) is 0 Å². The molecule has 4 aliphatic carbocycles. The lowest BCUT2D eigenvalue weighted by atomic mass is 9.53. The van der Waals surface area contributed by atoms with E-state index < -0.39 is 10.0 Å². The van der Waals surface area contributed by atoms with Gasteiger partial charge >= 0.3 is 0 Å². The van der Waals surface area contributed by atoms with Gasteiger partial charge in [0.2, 0.25) is 10.0 Å². The molecule has 2 aromatic carbocycles. The number of amides is 1. The van der Waals surface area contributed by atoms with Gasteiger partial charge < -0.3 is 10.1 Å². The number of ether oxygens (including phenoxy) is 1. The molecule has 202 valence electrons. The van der Waals surface area contributed by atoms with Crippen LogP contribution in [0, 0.1) is 30.1 Å². The van der Waals surface area contributed by atoms with Crippen molar-refractivity contribution in [1.82, 2.24) is 10.0 Å².